The molecule has 0 radical (unpaired) electrons. The van der Waals surface area contributed by atoms with Crippen molar-refractivity contribution in [3.8, 4) is 11.5 Å². The van der Waals surface area contributed by atoms with Gasteiger partial charge in [-0.25, -0.2) is 9.07 Å². The predicted molar refractivity (Wildman–Crippen MR) is 131 cm³/mol. The molecule has 0 aliphatic carbocycles. The first-order valence-electron chi connectivity index (χ1n) is 11.8. The van der Waals surface area contributed by atoms with Gasteiger partial charge in [0.2, 0.25) is 0 Å². The maximum atomic E-state index is 13.3. The lowest BCUT2D eigenvalue weighted by atomic mass is 10.1. The highest BCUT2D eigenvalue weighted by Crippen LogP contribution is 2.33. The predicted octanol–water partition coefficient (Wildman–Crippen LogP) is 3.27. The maximum Gasteiger partial charge on any atom is 0.252 e. The highest BCUT2D eigenvalue weighted by Gasteiger charge is 2.18. The van der Waals surface area contributed by atoms with Gasteiger partial charge in [-0.1, -0.05) is 12.1 Å². The second-order valence-corrected chi connectivity index (χ2v) is 8.81. The van der Waals surface area contributed by atoms with E-state index in [1.54, 1.807) is 29.1 Å². The van der Waals surface area contributed by atoms with E-state index in [2.05, 4.69) is 20.5 Å². The largest absolute Gasteiger partial charge is 0.486 e. The molecule has 4 heterocycles. The number of aromatic nitrogens is 5. The Morgan fingerprint density at radius 3 is 2.59 bits per heavy atom. The molecule has 0 spiro atoms. The van der Waals surface area contributed by atoms with Crippen molar-refractivity contribution in [2.75, 3.05) is 13.2 Å². The van der Waals surface area contributed by atoms with E-state index >= 15 is 0 Å². The molecule has 0 atom stereocenters. The molecule has 0 bridgehead atoms. The number of halogens is 1. The third-order valence-corrected chi connectivity index (χ3v) is 6.15. The second-order valence-electron chi connectivity index (χ2n) is 8.81. The van der Waals surface area contributed by atoms with Gasteiger partial charge in [0.1, 0.15) is 24.8 Å². The van der Waals surface area contributed by atoms with Gasteiger partial charge in [-0.2, -0.15) is 0 Å². The van der Waals surface area contributed by atoms with Crippen LogP contribution in [-0.2, 0) is 26.2 Å². The number of H-pyrrole nitrogens is 1. The highest BCUT2D eigenvalue weighted by atomic mass is 19.1. The Morgan fingerprint density at radius 2 is 1.81 bits per heavy atom. The van der Waals surface area contributed by atoms with Gasteiger partial charge < -0.3 is 18.9 Å². The summed E-state index contributed by atoms with van der Waals surface area (Å²) in [5.74, 6) is 2.33. The number of hydrogen-bond donors (Lipinski definition) is 1. The lowest BCUT2D eigenvalue weighted by molar-refractivity contribution is 0.172. The van der Waals surface area contributed by atoms with Gasteiger partial charge in [-0.3, -0.25) is 9.69 Å². The van der Waals surface area contributed by atoms with Crippen LogP contribution in [0.3, 0.4) is 0 Å². The van der Waals surface area contributed by atoms with Gasteiger partial charge in [-0.05, 0) is 52.4 Å². The minimum Gasteiger partial charge on any atom is -0.486 e. The van der Waals surface area contributed by atoms with Crippen LogP contribution in [0.15, 0.2) is 70.1 Å². The monoisotopic (exact) mass is 502 g/mol. The fourth-order valence-electron chi connectivity index (χ4n) is 4.36. The van der Waals surface area contributed by atoms with Crippen molar-refractivity contribution in [1.29, 1.82) is 0 Å². The lowest BCUT2D eigenvalue weighted by Crippen LogP contribution is -2.28. The number of ether oxygens (including phenoxy) is 2. The smallest absolute Gasteiger partial charge is 0.252 e. The number of benzene rings is 2. The van der Waals surface area contributed by atoms with Crippen LogP contribution >= 0.6 is 0 Å². The number of nitrogens with one attached hydrogen (secondary N) is 1. The molecule has 1 aliphatic heterocycles. The van der Waals surface area contributed by atoms with E-state index in [0.717, 1.165) is 16.7 Å². The quantitative estimate of drug-likeness (QED) is 0.344. The molecule has 0 saturated heterocycles. The fourth-order valence-corrected chi connectivity index (χ4v) is 4.36. The Labute approximate surface area is 210 Å². The molecular formula is C26H23FN6O4. The molecule has 6 rings (SSSR count). The highest BCUT2D eigenvalue weighted by molar-refractivity contribution is 5.83. The van der Waals surface area contributed by atoms with Crippen molar-refractivity contribution in [2.24, 2.45) is 0 Å². The molecule has 0 saturated carbocycles. The first-order valence-corrected chi connectivity index (χ1v) is 11.8. The van der Waals surface area contributed by atoms with E-state index in [4.69, 9.17) is 13.9 Å². The summed E-state index contributed by atoms with van der Waals surface area (Å²) in [5, 5.41) is 13.0. The Kier molecular flexibility index (Phi) is 6.11. The minimum atomic E-state index is -0.300. The summed E-state index contributed by atoms with van der Waals surface area (Å²) in [6.07, 6.45) is 1.61. The first-order chi connectivity index (χ1) is 18.1. The summed E-state index contributed by atoms with van der Waals surface area (Å²) in [6.45, 7) is 2.47. The van der Waals surface area contributed by atoms with Crippen molar-refractivity contribution < 1.29 is 18.3 Å². The molecule has 3 aromatic heterocycles. The van der Waals surface area contributed by atoms with Crippen LogP contribution in [0.25, 0.3) is 10.9 Å². The average molecular weight is 503 g/mol. The lowest BCUT2D eigenvalue weighted by Gasteiger charge is -2.21. The van der Waals surface area contributed by atoms with Crippen molar-refractivity contribution in [1.82, 2.24) is 30.1 Å². The zero-order valence-corrected chi connectivity index (χ0v) is 19.8. The van der Waals surface area contributed by atoms with Crippen LogP contribution in [0.1, 0.15) is 22.7 Å². The molecule has 0 fully saturated rings. The standard InChI is InChI=1S/C26H23FN6O4/c27-20-5-3-17(4-6-20)13-33-25(29-30-31-33)16-32(15-21-2-1-7-35-21)14-19-10-18-11-23-24(37-9-8-36-23)12-22(18)28-26(19)34/h1-7,10-12H,8-9,13-16H2,(H,28,34). The molecule has 0 unspecified atom stereocenters. The molecule has 37 heavy (non-hydrogen) atoms. The van der Waals surface area contributed by atoms with E-state index in [9.17, 15) is 9.18 Å². The minimum absolute atomic E-state index is 0.195. The van der Waals surface area contributed by atoms with Crippen LogP contribution in [0.4, 0.5) is 4.39 Å². The van der Waals surface area contributed by atoms with Crippen molar-refractivity contribution in [3.63, 3.8) is 0 Å². The summed E-state index contributed by atoms with van der Waals surface area (Å²) in [4.78, 5) is 18.0. The molecule has 5 aromatic rings. The molecule has 0 amide bonds. The van der Waals surface area contributed by atoms with E-state index in [1.165, 1.54) is 12.1 Å². The Hall–Kier alpha value is -4.51. The summed E-state index contributed by atoms with van der Waals surface area (Å²) < 4.78 is 31.9. The van der Waals surface area contributed by atoms with Crippen molar-refractivity contribution in [2.45, 2.75) is 26.2 Å². The summed E-state index contributed by atoms with van der Waals surface area (Å²) >= 11 is 0. The van der Waals surface area contributed by atoms with Crippen LogP contribution in [0.5, 0.6) is 11.5 Å². The van der Waals surface area contributed by atoms with Gasteiger partial charge in [-0.15, -0.1) is 5.10 Å². The van der Waals surface area contributed by atoms with Gasteiger partial charge in [0.05, 0.1) is 31.4 Å². The number of aromatic amines is 1. The van der Waals surface area contributed by atoms with E-state index in [-0.39, 0.29) is 11.4 Å². The zero-order valence-electron chi connectivity index (χ0n) is 19.8. The third kappa shape index (κ3) is 5.07. The second kappa shape index (κ2) is 9.86. The van der Waals surface area contributed by atoms with Crippen molar-refractivity contribution >= 4 is 10.9 Å². The van der Waals surface area contributed by atoms with Gasteiger partial charge >= 0.3 is 0 Å². The number of rotatable bonds is 8. The molecule has 1 N–H and O–H groups in total. The molecule has 2 aromatic carbocycles. The molecule has 10 nitrogen and oxygen atoms in total. The van der Waals surface area contributed by atoms with E-state index < -0.39 is 0 Å². The van der Waals surface area contributed by atoms with Crippen molar-refractivity contribution in [3.05, 3.63) is 99.7 Å². The van der Waals surface area contributed by atoms with Gasteiger partial charge in [0.25, 0.3) is 5.56 Å². The number of hydrogen-bond acceptors (Lipinski definition) is 8. The SMILES string of the molecule is O=c1[nH]c2cc3c(cc2cc1CN(Cc1ccco1)Cc1nnnn1Cc1ccc(F)cc1)OCCO3. The Morgan fingerprint density at radius 1 is 1.00 bits per heavy atom. The number of furan rings is 1. The van der Waals surface area contributed by atoms with Crippen LogP contribution in [0, 0.1) is 5.82 Å². The van der Waals surface area contributed by atoms with E-state index in [0.29, 0.717) is 67.8 Å². The van der Waals surface area contributed by atoms with Crippen LogP contribution in [0.2, 0.25) is 0 Å². The summed E-state index contributed by atoms with van der Waals surface area (Å²) in [7, 11) is 0. The Balaban J connectivity index is 1.28. The summed E-state index contributed by atoms with van der Waals surface area (Å²) in [6, 6.07) is 15.4. The first kappa shape index (κ1) is 22.9. The molecule has 1 aliphatic rings. The average Bonchev–Trinajstić information content (AvgIpc) is 3.57. The number of pyridine rings is 1. The van der Waals surface area contributed by atoms with Gasteiger partial charge in [0.15, 0.2) is 17.3 Å². The molecular weight excluding hydrogens is 479 g/mol. The van der Waals surface area contributed by atoms with Crippen LogP contribution < -0.4 is 15.0 Å². The molecule has 188 valence electrons. The number of fused-ring (bicyclic) bond motifs is 2. The third-order valence-electron chi connectivity index (χ3n) is 6.15. The normalized spacial score (nSPS) is 12.9. The van der Waals surface area contributed by atoms with Gasteiger partial charge in [0, 0.05) is 23.6 Å². The summed E-state index contributed by atoms with van der Waals surface area (Å²) in [5.41, 5.74) is 1.93. The molecule has 11 heteroatoms. The number of nitrogens with zero attached hydrogens (tertiary/aromatic N) is 5. The zero-order chi connectivity index (χ0) is 25.2. The Bertz CT molecular complexity index is 1580. The fraction of sp³-hybridized carbons (Fsp3) is 0.231. The number of tetrazole rings is 1. The van der Waals surface area contributed by atoms with Crippen LogP contribution in [-0.4, -0.2) is 43.3 Å². The van der Waals surface area contributed by atoms with E-state index in [1.807, 2.05) is 29.2 Å². The maximum absolute atomic E-state index is 13.3. The topological polar surface area (TPSA) is 111 Å².